The molecule has 0 unspecified atom stereocenters. The smallest absolute Gasteiger partial charge is 0.434 e. The highest BCUT2D eigenvalue weighted by Gasteiger charge is 2.32. The Balaban J connectivity index is 1.58. The molecule has 35 heavy (non-hydrogen) atoms. The molecule has 0 atom stereocenters. The lowest BCUT2D eigenvalue weighted by Gasteiger charge is -2.17. The first-order valence-corrected chi connectivity index (χ1v) is 11.4. The predicted octanol–water partition coefficient (Wildman–Crippen LogP) is 2.33. The molecule has 3 rings (SSSR count). The van der Waals surface area contributed by atoms with E-state index in [-0.39, 0.29) is 38.1 Å². The van der Waals surface area contributed by atoms with Gasteiger partial charge in [-0.3, -0.25) is 9.59 Å². The summed E-state index contributed by atoms with van der Waals surface area (Å²) in [5.74, 6) is -1.95. The van der Waals surface area contributed by atoms with Crippen molar-refractivity contribution in [1.82, 2.24) is 9.96 Å². The Morgan fingerprint density at radius 3 is 2.43 bits per heavy atom. The number of ether oxygens (including phenoxy) is 2. The summed E-state index contributed by atoms with van der Waals surface area (Å²) in [5.41, 5.74) is 0.383. The molecule has 1 saturated heterocycles. The van der Waals surface area contributed by atoms with E-state index in [0.29, 0.717) is 28.0 Å². The van der Waals surface area contributed by atoms with E-state index >= 15 is 0 Å². The maximum absolute atomic E-state index is 12.2. The van der Waals surface area contributed by atoms with Gasteiger partial charge in [-0.15, -0.1) is 5.06 Å². The van der Waals surface area contributed by atoms with Crippen LogP contribution < -0.4 is 5.63 Å². The number of imide groups is 1. The van der Waals surface area contributed by atoms with Gasteiger partial charge in [0.05, 0.1) is 13.0 Å². The van der Waals surface area contributed by atoms with E-state index in [9.17, 15) is 24.0 Å². The molecule has 0 saturated carbocycles. The van der Waals surface area contributed by atoms with Crippen LogP contribution in [0.5, 0.6) is 0 Å². The number of carbonyl (C=O) groups excluding carboxylic acids is 4. The Morgan fingerprint density at radius 1 is 1.03 bits per heavy atom. The van der Waals surface area contributed by atoms with Crippen molar-refractivity contribution in [2.24, 2.45) is 0 Å². The third kappa shape index (κ3) is 7.12. The highest BCUT2D eigenvalue weighted by Crippen LogP contribution is 2.21. The molecule has 0 aliphatic carbocycles. The third-order valence-corrected chi connectivity index (χ3v) is 5.52. The van der Waals surface area contributed by atoms with Crippen LogP contribution in [-0.4, -0.2) is 60.1 Å². The molecule has 2 amide bonds. The summed E-state index contributed by atoms with van der Waals surface area (Å²) in [7, 11) is 0. The van der Waals surface area contributed by atoms with Crippen LogP contribution in [-0.2, 0) is 41.7 Å². The van der Waals surface area contributed by atoms with Crippen LogP contribution in [0.1, 0.15) is 44.2 Å². The van der Waals surface area contributed by atoms with E-state index in [2.05, 4.69) is 18.7 Å². The number of rotatable bonds is 11. The number of fused-ring (bicyclic) bond motifs is 1. The van der Waals surface area contributed by atoms with Crippen molar-refractivity contribution in [3.8, 4) is 0 Å². The molecule has 1 aromatic carbocycles. The van der Waals surface area contributed by atoms with Gasteiger partial charge in [-0.2, -0.15) is 0 Å². The van der Waals surface area contributed by atoms with E-state index in [1.165, 1.54) is 12.1 Å². The second-order valence-electron chi connectivity index (χ2n) is 7.91. The van der Waals surface area contributed by atoms with Gasteiger partial charge in [0, 0.05) is 36.4 Å². The quantitative estimate of drug-likeness (QED) is 0.201. The molecule has 1 aliphatic rings. The van der Waals surface area contributed by atoms with Gasteiger partial charge in [-0.25, -0.2) is 14.4 Å². The van der Waals surface area contributed by atoms with Gasteiger partial charge >= 0.3 is 17.8 Å². The SMILES string of the molecule is CCN(CC)CCCOC(=O)OCc1cc(=O)oc2cc(CC(=O)ON3C(=O)CCC3=O)ccc12. The Hall–Kier alpha value is -3.73. The molecular weight excluding hydrogens is 460 g/mol. The van der Waals surface area contributed by atoms with Crippen LogP contribution in [0.15, 0.2) is 33.5 Å². The van der Waals surface area contributed by atoms with E-state index < -0.39 is 29.6 Å². The molecule has 11 heteroatoms. The van der Waals surface area contributed by atoms with Crippen LogP contribution in [0.4, 0.5) is 4.79 Å². The fraction of sp³-hybridized carbons (Fsp3) is 0.458. The van der Waals surface area contributed by atoms with Crippen LogP contribution in [0, 0.1) is 0 Å². The van der Waals surface area contributed by atoms with E-state index in [1.807, 2.05) is 0 Å². The number of hydrogen-bond acceptors (Lipinski definition) is 10. The third-order valence-electron chi connectivity index (χ3n) is 5.52. The number of amides is 2. The van der Waals surface area contributed by atoms with Crippen molar-refractivity contribution >= 4 is 34.9 Å². The topological polar surface area (TPSA) is 133 Å². The van der Waals surface area contributed by atoms with Crippen molar-refractivity contribution in [2.75, 3.05) is 26.2 Å². The molecule has 1 aliphatic heterocycles. The van der Waals surface area contributed by atoms with Crippen LogP contribution in [0.2, 0.25) is 0 Å². The molecule has 1 aromatic heterocycles. The minimum atomic E-state index is -0.837. The second kappa shape index (κ2) is 12.1. The number of hydrogen-bond donors (Lipinski definition) is 0. The van der Waals surface area contributed by atoms with Gasteiger partial charge < -0.3 is 23.6 Å². The van der Waals surface area contributed by atoms with E-state index in [1.54, 1.807) is 12.1 Å². The summed E-state index contributed by atoms with van der Waals surface area (Å²) in [6.07, 6.45) is -0.405. The molecule has 11 nitrogen and oxygen atoms in total. The van der Waals surface area contributed by atoms with Crippen molar-refractivity contribution < 1.29 is 37.9 Å². The molecule has 0 radical (unpaired) electrons. The van der Waals surface area contributed by atoms with Crippen LogP contribution >= 0.6 is 0 Å². The number of carbonyl (C=O) groups is 4. The Morgan fingerprint density at radius 2 is 1.74 bits per heavy atom. The summed E-state index contributed by atoms with van der Waals surface area (Å²) in [5, 5.41) is 0.989. The van der Waals surface area contributed by atoms with Gasteiger partial charge in [0.25, 0.3) is 11.8 Å². The lowest BCUT2D eigenvalue weighted by molar-refractivity contribution is -0.197. The maximum atomic E-state index is 12.2. The summed E-state index contributed by atoms with van der Waals surface area (Å²) in [6.45, 7) is 6.81. The minimum absolute atomic E-state index is 0.00194. The zero-order valence-corrected chi connectivity index (χ0v) is 19.7. The molecular formula is C24H28N2O9. The minimum Gasteiger partial charge on any atom is -0.434 e. The average Bonchev–Trinajstić information content (AvgIpc) is 3.14. The first-order chi connectivity index (χ1) is 16.8. The zero-order chi connectivity index (χ0) is 25.4. The normalized spacial score (nSPS) is 13.5. The second-order valence-corrected chi connectivity index (χ2v) is 7.91. The number of benzene rings is 1. The standard InChI is InChI=1S/C24H28N2O9/c1-3-25(4-2)10-5-11-32-24(31)33-15-17-14-22(29)34-19-12-16(6-7-18(17)19)13-23(30)35-26-20(27)8-9-21(26)28/h6-7,12,14H,3-5,8-11,13,15H2,1-2H3. The summed E-state index contributed by atoms with van der Waals surface area (Å²) in [4.78, 5) is 66.3. The van der Waals surface area contributed by atoms with Gasteiger partial charge in [0.1, 0.15) is 12.2 Å². The summed E-state index contributed by atoms with van der Waals surface area (Å²) >= 11 is 0. The molecule has 188 valence electrons. The summed E-state index contributed by atoms with van der Waals surface area (Å²) in [6, 6.07) is 5.91. The van der Waals surface area contributed by atoms with Crippen LogP contribution in [0.3, 0.4) is 0 Å². The Bertz CT molecular complexity index is 1140. The zero-order valence-electron chi connectivity index (χ0n) is 19.7. The lowest BCUT2D eigenvalue weighted by atomic mass is 10.1. The Labute approximate surface area is 201 Å². The monoisotopic (exact) mass is 488 g/mol. The number of nitrogens with zero attached hydrogens (tertiary/aromatic N) is 2. The average molecular weight is 488 g/mol. The fourth-order valence-corrected chi connectivity index (χ4v) is 3.62. The predicted molar refractivity (Wildman–Crippen MR) is 122 cm³/mol. The molecule has 0 bridgehead atoms. The first-order valence-electron chi connectivity index (χ1n) is 11.4. The maximum Gasteiger partial charge on any atom is 0.508 e. The Kier molecular flexibility index (Phi) is 8.96. The molecule has 1 fully saturated rings. The van der Waals surface area contributed by atoms with Crippen molar-refractivity contribution in [1.29, 1.82) is 0 Å². The van der Waals surface area contributed by atoms with Gasteiger partial charge in [0.15, 0.2) is 0 Å². The molecule has 0 spiro atoms. The van der Waals surface area contributed by atoms with E-state index in [0.717, 1.165) is 19.6 Å². The lowest BCUT2D eigenvalue weighted by Crippen LogP contribution is -2.32. The van der Waals surface area contributed by atoms with Gasteiger partial charge in [0.2, 0.25) is 0 Å². The largest absolute Gasteiger partial charge is 0.508 e. The highest BCUT2D eigenvalue weighted by molar-refractivity contribution is 6.01. The van der Waals surface area contributed by atoms with Gasteiger partial charge in [-0.05, 0) is 31.1 Å². The highest BCUT2D eigenvalue weighted by atomic mass is 16.7. The fourth-order valence-electron chi connectivity index (χ4n) is 3.62. The number of hydroxylamine groups is 2. The van der Waals surface area contributed by atoms with E-state index in [4.69, 9.17) is 18.7 Å². The molecule has 0 N–H and O–H groups in total. The van der Waals surface area contributed by atoms with Crippen LogP contribution in [0.25, 0.3) is 11.0 Å². The molecule has 2 heterocycles. The van der Waals surface area contributed by atoms with Crippen molar-refractivity contribution in [3.05, 3.63) is 45.8 Å². The summed E-state index contributed by atoms with van der Waals surface area (Å²) < 4.78 is 15.4. The first kappa shape index (κ1) is 25.9. The van der Waals surface area contributed by atoms with Crippen molar-refractivity contribution in [2.45, 2.75) is 46.1 Å². The molecule has 2 aromatic rings. The van der Waals surface area contributed by atoms with Gasteiger partial charge in [-0.1, -0.05) is 26.0 Å². The van der Waals surface area contributed by atoms with Crippen molar-refractivity contribution in [3.63, 3.8) is 0 Å².